The lowest BCUT2D eigenvalue weighted by molar-refractivity contribution is -0.204. The first-order chi connectivity index (χ1) is 22.2. The van der Waals surface area contributed by atoms with E-state index in [0.29, 0.717) is 31.4 Å². The van der Waals surface area contributed by atoms with Crippen LogP contribution < -0.4 is 0 Å². The first kappa shape index (κ1) is 33.4. The zero-order valence-corrected chi connectivity index (χ0v) is 28.3. The number of hydrogen-bond donors (Lipinski definition) is 2. The number of fused-ring (bicyclic) bond motifs is 6. The van der Waals surface area contributed by atoms with Crippen molar-refractivity contribution < 1.29 is 38.9 Å². The molecule has 0 saturated heterocycles. The van der Waals surface area contributed by atoms with Crippen molar-refractivity contribution in [1.82, 2.24) is 9.78 Å². The molecule has 11 heteroatoms. The molecule has 8 atom stereocenters. The second-order valence-electron chi connectivity index (χ2n) is 14.3. The Kier molecular flexibility index (Phi) is 8.23. The summed E-state index contributed by atoms with van der Waals surface area (Å²) in [6, 6.07) is 6.65. The largest absolute Gasteiger partial charge is 0.478 e. The van der Waals surface area contributed by atoms with Gasteiger partial charge in [-0.15, -0.1) is 11.6 Å². The van der Waals surface area contributed by atoms with Crippen molar-refractivity contribution in [3.05, 3.63) is 52.9 Å². The van der Waals surface area contributed by atoms with Gasteiger partial charge in [0.15, 0.2) is 12.2 Å². The van der Waals surface area contributed by atoms with Gasteiger partial charge < -0.3 is 19.7 Å². The summed E-state index contributed by atoms with van der Waals surface area (Å²) in [7, 11) is 0. The SMILES string of the molecule is CCC(=O)OCC(=O)[C@]1(OC(=O)CC)[C@@H](C)C[C@H]2[C@@H]3CCC4=Cc5c(cnn5-c5cccc(C(=O)O)c5)C[C@]4(C)[C@@]3(Cl)[C@@H](O)C[C@@]21C. The number of ether oxygens (including phenoxy) is 2. The number of esters is 2. The average molecular weight is 667 g/mol. The number of aromatic carboxylic acids is 1. The summed E-state index contributed by atoms with van der Waals surface area (Å²) >= 11 is 7.85. The third-order valence-electron chi connectivity index (χ3n) is 12.1. The summed E-state index contributed by atoms with van der Waals surface area (Å²) in [4.78, 5) is 49.7. The molecular weight excluding hydrogens is 624 g/mol. The predicted octanol–water partition coefficient (Wildman–Crippen LogP) is 5.55. The minimum atomic E-state index is -1.58. The number of alkyl halides is 1. The fraction of sp³-hybridized carbons (Fsp3) is 0.583. The summed E-state index contributed by atoms with van der Waals surface area (Å²) in [6.07, 6.45) is 5.58. The minimum Gasteiger partial charge on any atom is -0.478 e. The molecular formula is C36H43ClN2O8. The van der Waals surface area contributed by atoms with E-state index in [1.807, 2.05) is 19.9 Å². The van der Waals surface area contributed by atoms with Crippen molar-refractivity contribution in [2.75, 3.05) is 6.61 Å². The molecule has 0 bridgehead atoms. The van der Waals surface area contributed by atoms with Gasteiger partial charge in [-0.3, -0.25) is 14.4 Å². The Morgan fingerprint density at radius 3 is 2.51 bits per heavy atom. The minimum absolute atomic E-state index is 0.0749. The van der Waals surface area contributed by atoms with Crippen LogP contribution in [0.3, 0.4) is 0 Å². The van der Waals surface area contributed by atoms with Gasteiger partial charge in [0.25, 0.3) is 0 Å². The predicted molar refractivity (Wildman–Crippen MR) is 173 cm³/mol. The fourth-order valence-electron chi connectivity index (χ4n) is 9.83. The van der Waals surface area contributed by atoms with Crippen molar-refractivity contribution in [1.29, 1.82) is 0 Å². The number of ketones is 1. The molecule has 1 aromatic heterocycles. The first-order valence-electron chi connectivity index (χ1n) is 16.6. The standard InChI is InChI=1S/C36H43ClN2O8/c1-6-30(42)46-19-29(41)36(47-31(43)7-2)20(3)13-26-25-12-11-23-15-27-22(16-33(23,4)35(25,37)28(40)17-34(26,36)5)18-38-39(27)24-10-8-9-21(14-24)32(44)45/h8-10,14-15,18,20,25-26,28,40H,6-7,11-13,16-17,19H2,1-5H3,(H,44,45)/t20-,25-,26-,28-,33-,34-,35-,36+/m0/s1. The van der Waals surface area contributed by atoms with E-state index in [9.17, 15) is 29.4 Å². The molecule has 6 rings (SSSR count). The average Bonchev–Trinajstić information content (AvgIpc) is 3.54. The number of aliphatic hydroxyl groups excluding tert-OH is 1. The smallest absolute Gasteiger partial charge is 0.335 e. The number of halogens is 1. The van der Waals surface area contributed by atoms with E-state index in [1.54, 1.807) is 42.9 Å². The van der Waals surface area contributed by atoms with Crippen molar-refractivity contribution in [3.8, 4) is 5.69 Å². The number of Topliss-reactive ketones (excluding diaryl/α,β-unsaturated/α-hetero) is 1. The van der Waals surface area contributed by atoms with Crippen LogP contribution in [0.1, 0.15) is 94.8 Å². The van der Waals surface area contributed by atoms with E-state index in [1.165, 1.54) is 0 Å². The number of carbonyl (C=O) groups excluding carboxylic acids is 3. The molecule has 3 saturated carbocycles. The van der Waals surface area contributed by atoms with Gasteiger partial charge in [-0.1, -0.05) is 46.3 Å². The van der Waals surface area contributed by atoms with E-state index in [-0.39, 0.29) is 36.7 Å². The molecule has 0 spiro atoms. The Labute approximate surface area is 279 Å². The number of allylic oxidation sites excluding steroid dienone is 1. The molecule has 0 radical (unpaired) electrons. The van der Waals surface area contributed by atoms with Crippen LogP contribution in [0, 0.1) is 28.6 Å². The molecule has 0 unspecified atom stereocenters. The lowest BCUT2D eigenvalue weighted by Gasteiger charge is -2.65. The summed E-state index contributed by atoms with van der Waals surface area (Å²) in [6.45, 7) is 8.77. The van der Waals surface area contributed by atoms with Gasteiger partial charge in [0.05, 0.1) is 34.1 Å². The van der Waals surface area contributed by atoms with Crippen LogP contribution in [0.4, 0.5) is 0 Å². The molecule has 10 nitrogen and oxygen atoms in total. The number of nitrogens with zero attached hydrogens (tertiary/aromatic N) is 2. The first-order valence-corrected chi connectivity index (χ1v) is 16.9. The number of carbonyl (C=O) groups is 4. The zero-order chi connectivity index (χ0) is 34.1. The van der Waals surface area contributed by atoms with E-state index in [2.05, 4.69) is 18.1 Å². The van der Waals surface area contributed by atoms with Crippen LogP contribution in [-0.2, 0) is 30.3 Å². The lowest BCUT2D eigenvalue weighted by Crippen LogP contribution is -2.70. The van der Waals surface area contributed by atoms with Crippen molar-refractivity contribution in [2.24, 2.45) is 28.6 Å². The third-order valence-corrected chi connectivity index (χ3v) is 13.0. The monoisotopic (exact) mass is 666 g/mol. The van der Waals surface area contributed by atoms with Crippen molar-refractivity contribution >= 4 is 41.4 Å². The molecule has 2 aromatic rings. The second kappa shape index (κ2) is 11.6. The summed E-state index contributed by atoms with van der Waals surface area (Å²) < 4.78 is 13.2. The Morgan fingerprint density at radius 1 is 1.11 bits per heavy atom. The number of benzene rings is 1. The van der Waals surface area contributed by atoms with Crippen molar-refractivity contribution in [2.45, 2.75) is 96.1 Å². The number of rotatable bonds is 8. The number of hydrogen-bond acceptors (Lipinski definition) is 8. The molecule has 2 N–H and O–H groups in total. The number of aromatic nitrogens is 2. The normalized spacial score (nSPS) is 35.4. The zero-order valence-electron chi connectivity index (χ0n) is 27.5. The fourth-order valence-corrected chi connectivity index (χ4v) is 10.4. The van der Waals surface area contributed by atoms with Crippen LogP contribution in [0.15, 0.2) is 36.0 Å². The third kappa shape index (κ3) is 4.65. The Hall–Kier alpha value is -3.50. The second-order valence-corrected chi connectivity index (χ2v) is 14.9. The molecule has 4 aliphatic rings. The van der Waals surface area contributed by atoms with Gasteiger partial charge in [-0.05, 0) is 73.8 Å². The van der Waals surface area contributed by atoms with Gasteiger partial charge in [-0.2, -0.15) is 5.10 Å². The van der Waals surface area contributed by atoms with E-state index in [4.69, 9.17) is 21.1 Å². The summed E-state index contributed by atoms with van der Waals surface area (Å²) in [5.74, 6) is -3.27. The van der Waals surface area contributed by atoms with Crippen LogP contribution in [0.25, 0.3) is 11.8 Å². The highest BCUT2D eigenvalue weighted by Gasteiger charge is 2.76. The maximum atomic E-state index is 14.1. The van der Waals surface area contributed by atoms with E-state index in [0.717, 1.165) is 16.8 Å². The van der Waals surface area contributed by atoms with Gasteiger partial charge in [-0.25, -0.2) is 9.48 Å². The quantitative estimate of drug-likeness (QED) is 0.274. The van der Waals surface area contributed by atoms with Crippen LogP contribution in [0.5, 0.6) is 0 Å². The molecule has 1 heterocycles. The molecule has 4 aliphatic carbocycles. The summed E-state index contributed by atoms with van der Waals surface area (Å²) in [5, 5.41) is 26.4. The number of carboxylic acid groups (broad SMARTS) is 1. The van der Waals surface area contributed by atoms with Crippen LogP contribution >= 0.6 is 11.6 Å². The van der Waals surface area contributed by atoms with Gasteiger partial charge in [0.2, 0.25) is 5.78 Å². The van der Waals surface area contributed by atoms with Crippen LogP contribution in [-0.4, -0.2) is 66.9 Å². The Bertz CT molecular complexity index is 1680. The van der Waals surface area contributed by atoms with Gasteiger partial charge >= 0.3 is 17.9 Å². The highest BCUT2D eigenvalue weighted by molar-refractivity contribution is 6.26. The molecule has 0 aliphatic heterocycles. The highest BCUT2D eigenvalue weighted by Crippen LogP contribution is 2.72. The molecule has 3 fully saturated rings. The van der Waals surface area contributed by atoms with Gasteiger partial charge in [0.1, 0.15) is 0 Å². The molecule has 252 valence electrons. The van der Waals surface area contributed by atoms with Gasteiger partial charge in [0, 0.05) is 29.6 Å². The van der Waals surface area contributed by atoms with Crippen LogP contribution in [0.2, 0.25) is 0 Å². The number of aliphatic hydroxyl groups is 1. The maximum Gasteiger partial charge on any atom is 0.335 e. The summed E-state index contributed by atoms with van der Waals surface area (Å²) in [5.41, 5.74) is 0.513. The topological polar surface area (TPSA) is 145 Å². The van der Waals surface area contributed by atoms with Crippen molar-refractivity contribution in [3.63, 3.8) is 0 Å². The number of carboxylic acids is 1. The Morgan fingerprint density at radius 2 is 1.83 bits per heavy atom. The molecule has 1 aromatic carbocycles. The molecule has 47 heavy (non-hydrogen) atoms. The highest BCUT2D eigenvalue weighted by atomic mass is 35.5. The van der Waals surface area contributed by atoms with E-state index < -0.39 is 63.6 Å². The molecule has 0 amide bonds. The Balaban J connectivity index is 1.39. The van der Waals surface area contributed by atoms with E-state index >= 15 is 0 Å². The lowest BCUT2D eigenvalue weighted by atomic mass is 9.44. The maximum absolute atomic E-state index is 14.1.